The van der Waals surface area contributed by atoms with Crippen LogP contribution in [0.25, 0.3) is 11.6 Å². The summed E-state index contributed by atoms with van der Waals surface area (Å²) in [6.45, 7) is 7.94. The van der Waals surface area contributed by atoms with Crippen LogP contribution < -0.4 is 5.32 Å². The van der Waals surface area contributed by atoms with Gasteiger partial charge >= 0.3 is 0 Å². The van der Waals surface area contributed by atoms with Crippen LogP contribution in [-0.4, -0.2) is 63.2 Å². The number of pyridine rings is 1. The van der Waals surface area contributed by atoms with Gasteiger partial charge in [-0.1, -0.05) is 18.1 Å². The van der Waals surface area contributed by atoms with E-state index in [1.165, 1.54) is 6.42 Å². The number of aromatic nitrogens is 3. The lowest BCUT2D eigenvalue weighted by atomic mass is 10.3. The van der Waals surface area contributed by atoms with Gasteiger partial charge in [0, 0.05) is 49.8 Å². The van der Waals surface area contributed by atoms with E-state index in [9.17, 15) is 0 Å². The molecule has 0 spiro atoms. The number of aliphatic imine (C=N–C) groups is 1. The predicted molar refractivity (Wildman–Crippen MR) is 105 cm³/mol. The van der Waals surface area contributed by atoms with Crippen molar-refractivity contribution < 1.29 is 4.52 Å². The zero-order valence-corrected chi connectivity index (χ0v) is 16.2. The monoisotopic (exact) mass is 374 g/mol. The van der Waals surface area contributed by atoms with Crippen LogP contribution in [-0.2, 0) is 6.42 Å². The maximum Gasteiger partial charge on any atom is 0.276 e. The Morgan fingerprint density at radius 3 is 3.12 bits per heavy atom. The van der Waals surface area contributed by atoms with Gasteiger partial charge in [-0.25, -0.2) is 0 Å². The van der Waals surface area contributed by atoms with Gasteiger partial charge in [-0.2, -0.15) is 16.7 Å². The van der Waals surface area contributed by atoms with Crippen LogP contribution in [0.2, 0.25) is 0 Å². The molecule has 1 aliphatic rings. The van der Waals surface area contributed by atoms with Crippen LogP contribution in [0.3, 0.4) is 0 Å². The van der Waals surface area contributed by atoms with Crippen molar-refractivity contribution in [3.05, 3.63) is 30.2 Å². The first-order chi connectivity index (χ1) is 12.8. The van der Waals surface area contributed by atoms with Crippen molar-refractivity contribution in [2.45, 2.75) is 31.9 Å². The van der Waals surface area contributed by atoms with Gasteiger partial charge in [-0.15, -0.1) is 0 Å². The molecule has 0 bridgehead atoms. The minimum atomic E-state index is 0.454. The lowest BCUT2D eigenvalue weighted by Crippen LogP contribution is -2.48. The first-order valence-electron chi connectivity index (χ1n) is 9.19. The van der Waals surface area contributed by atoms with Crippen LogP contribution in [0.5, 0.6) is 0 Å². The van der Waals surface area contributed by atoms with Crippen LogP contribution in [0.15, 0.2) is 33.9 Å². The Labute approximate surface area is 158 Å². The Kier molecular flexibility index (Phi) is 6.88. The first kappa shape index (κ1) is 18.7. The highest BCUT2D eigenvalue weighted by Gasteiger charge is 2.21. The molecule has 1 fully saturated rings. The molecule has 1 saturated heterocycles. The number of nitrogens with one attached hydrogen (secondary N) is 1. The third kappa shape index (κ3) is 4.97. The number of nitrogens with zero attached hydrogens (tertiary/aromatic N) is 5. The van der Waals surface area contributed by atoms with Gasteiger partial charge < -0.3 is 14.7 Å². The third-order valence-electron chi connectivity index (χ3n) is 4.18. The van der Waals surface area contributed by atoms with Gasteiger partial charge in [0.25, 0.3) is 5.89 Å². The highest BCUT2D eigenvalue weighted by molar-refractivity contribution is 8.00. The standard InChI is InChI=1S/C18H26N6OS/c1-3-14-13-24(11-12-26-14)18(19-4-2)21-10-8-16-22-17(25-23-16)15-7-5-6-9-20-15/h5-7,9,14H,3-4,8,10-13H2,1-2H3,(H,19,21). The zero-order chi connectivity index (χ0) is 18.2. The number of hydrogen-bond donors (Lipinski definition) is 1. The fourth-order valence-electron chi connectivity index (χ4n) is 2.80. The SMILES string of the molecule is CCNC(=NCCc1noc(-c2ccccn2)n1)N1CCSC(CC)C1. The summed E-state index contributed by atoms with van der Waals surface area (Å²) in [5, 5.41) is 8.13. The van der Waals surface area contributed by atoms with Gasteiger partial charge in [0.2, 0.25) is 0 Å². The second-order valence-corrected chi connectivity index (χ2v) is 7.47. The molecule has 140 valence electrons. The van der Waals surface area contributed by atoms with E-state index in [-0.39, 0.29) is 0 Å². The molecule has 1 aliphatic heterocycles. The molecule has 7 nitrogen and oxygen atoms in total. The van der Waals surface area contributed by atoms with E-state index in [1.807, 2.05) is 18.2 Å². The molecular formula is C18H26N6OS. The normalized spacial score (nSPS) is 18.2. The molecule has 0 saturated carbocycles. The molecule has 26 heavy (non-hydrogen) atoms. The quantitative estimate of drug-likeness (QED) is 0.614. The average molecular weight is 375 g/mol. The van der Waals surface area contributed by atoms with Crippen molar-refractivity contribution in [2.75, 3.05) is 31.9 Å². The van der Waals surface area contributed by atoms with Crippen molar-refractivity contribution in [2.24, 2.45) is 4.99 Å². The van der Waals surface area contributed by atoms with Gasteiger partial charge in [-0.05, 0) is 25.5 Å². The summed E-state index contributed by atoms with van der Waals surface area (Å²) >= 11 is 2.06. The van der Waals surface area contributed by atoms with Gasteiger partial charge in [-0.3, -0.25) is 9.98 Å². The molecule has 0 aromatic carbocycles. The number of guanidine groups is 1. The Morgan fingerprint density at radius 2 is 2.35 bits per heavy atom. The summed E-state index contributed by atoms with van der Waals surface area (Å²) in [5.74, 6) is 3.25. The van der Waals surface area contributed by atoms with Crippen LogP contribution in [0, 0.1) is 0 Å². The lowest BCUT2D eigenvalue weighted by Gasteiger charge is -2.34. The van der Waals surface area contributed by atoms with Gasteiger partial charge in [0.1, 0.15) is 5.69 Å². The molecule has 8 heteroatoms. The van der Waals surface area contributed by atoms with Crippen molar-refractivity contribution in [3.8, 4) is 11.6 Å². The smallest absolute Gasteiger partial charge is 0.276 e. The number of rotatable bonds is 6. The summed E-state index contributed by atoms with van der Waals surface area (Å²) < 4.78 is 5.30. The number of thioether (sulfide) groups is 1. The Morgan fingerprint density at radius 1 is 1.42 bits per heavy atom. The molecule has 0 radical (unpaired) electrons. The summed E-state index contributed by atoms with van der Waals surface area (Å²) in [6, 6.07) is 5.62. The molecule has 3 rings (SSSR count). The number of hydrogen-bond acceptors (Lipinski definition) is 6. The third-order valence-corrected chi connectivity index (χ3v) is 5.55. The Hall–Kier alpha value is -2.09. The Bertz CT molecular complexity index is 705. The fourth-order valence-corrected chi connectivity index (χ4v) is 3.98. The van der Waals surface area contributed by atoms with E-state index in [2.05, 4.69) is 51.0 Å². The highest BCUT2D eigenvalue weighted by atomic mass is 32.2. The first-order valence-corrected chi connectivity index (χ1v) is 10.2. The summed E-state index contributed by atoms with van der Waals surface area (Å²) in [6.07, 6.45) is 3.55. The minimum absolute atomic E-state index is 0.454. The van der Waals surface area contributed by atoms with Crippen molar-refractivity contribution in [3.63, 3.8) is 0 Å². The largest absolute Gasteiger partial charge is 0.357 e. The predicted octanol–water partition coefficient (Wildman–Crippen LogP) is 2.47. The van der Waals surface area contributed by atoms with Gasteiger partial charge in [0.15, 0.2) is 11.8 Å². The molecular weight excluding hydrogens is 348 g/mol. The average Bonchev–Trinajstić information content (AvgIpc) is 3.17. The van der Waals surface area contributed by atoms with E-state index in [1.54, 1.807) is 6.20 Å². The van der Waals surface area contributed by atoms with E-state index < -0.39 is 0 Å². The maximum absolute atomic E-state index is 5.30. The van der Waals surface area contributed by atoms with Crippen LogP contribution in [0.4, 0.5) is 0 Å². The molecule has 3 heterocycles. The second kappa shape index (κ2) is 9.56. The molecule has 2 aromatic rings. The zero-order valence-electron chi connectivity index (χ0n) is 15.4. The van der Waals surface area contributed by atoms with Crippen molar-refractivity contribution in [1.29, 1.82) is 0 Å². The molecule has 2 aromatic heterocycles. The fraction of sp³-hybridized carbons (Fsp3) is 0.556. The van der Waals surface area contributed by atoms with Crippen molar-refractivity contribution >= 4 is 17.7 Å². The lowest BCUT2D eigenvalue weighted by molar-refractivity contribution is 0.407. The Balaban J connectivity index is 1.59. The topological polar surface area (TPSA) is 79.4 Å². The molecule has 1 unspecified atom stereocenters. The van der Waals surface area contributed by atoms with Crippen molar-refractivity contribution in [1.82, 2.24) is 25.3 Å². The minimum Gasteiger partial charge on any atom is -0.357 e. The maximum atomic E-state index is 5.30. The van der Waals surface area contributed by atoms with E-state index in [4.69, 9.17) is 9.52 Å². The van der Waals surface area contributed by atoms with E-state index in [0.29, 0.717) is 35.6 Å². The highest BCUT2D eigenvalue weighted by Crippen LogP contribution is 2.21. The molecule has 0 amide bonds. The van der Waals surface area contributed by atoms with Crippen LogP contribution >= 0.6 is 11.8 Å². The molecule has 0 aliphatic carbocycles. The van der Waals surface area contributed by atoms with E-state index in [0.717, 1.165) is 31.3 Å². The second-order valence-electron chi connectivity index (χ2n) is 6.06. The summed E-state index contributed by atoms with van der Waals surface area (Å²) in [7, 11) is 0. The van der Waals surface area contributed by atoms with E-state index >= 15 is 0 Å². The summed E-state index contributed by atoms with van der Waals surface area (Å²) in [4.78, 5) is 15.8. The summed E-state index contributed by atoms with van der Waals surface area (Å²) in [5.41, 5.74) is 0.694. The molecule has 1 N–H and O–H groups in total. The van der Waals surface area contributed by atoms with Crippen LogP contribution in [0.1, 0.15) is 26.1 Å². The van der Waals surface area contributed by atoms with Gasteiger partial charge in [0.05, 0.1) is 0 Å². The molecule has 1 atom stereocenters.